The van der Waals surface area contributed by atoms with Crippen molar-refractivity contribution < 1.29 is 4.79 Å². The van der Waals surface area contributed by atoms with Crippen LogP contribution in [0.25, 0.3) is 0 Å². The molecule has 0 radical (unpaired) electrons. The molecule has 0 spiro atoms. The van der Waals surface area contributed by atoms with Gasteiger partial charge in [-0.05, 0) is 19.9 Å². The number of nitrogens with zero attached hydrogens (tertiary/aromatic N) is 3. The molecule has 1 saturated heterocycles. The number of nitrogens with two attached hydrogens (primary N) is 1. The van der Waals surface area contributed by atoms with E-state index in [0.717, 1.165) is 24.8 Å². The second kappa shape index (κ2) is 6.21. The molecule has 1 aromatic heterocycles. The van der Waals surface area contributed by atoms with Gasteiger partial charge in [0.1, 0.15) is 10.7 Å². The lowest BCUT2D eigenvalue weighted by molar-refractivity contribution is 0.0802. The van der Waals surface area contributed by atoms with Crippen molar-refractivity contribution in [3.63, 3.8) is 0 Å². The first kappa shape index (κ1) is 14.1. The molecule has 1 amide bonds. The summed E-state index contributed by atoms with van der Waals surface area (Å²) < 4.78 is 0. The van der Waals surface area contributed by atoms with Crippen molar-refractivity contribution in [1.29, 1.82) is 0 Å². The van der Waals surface area contributed by atoms with Crippen LogP contribution in [0.15, 0.2) is 0 Å². The lowest BCUT2D eigenvalue weighted by atomic mass is 10.4. The molecule has 1 fully saturated rings. The van der Waals surface area contributed by atoms with Gasteiger partial charge in [-0.2, -0.15) is 0 Å². The van der Waals surface area contributed by atoms with Crippen molar-refractivity contribution in [2.75, 3.05) is 50.9 Å². The van der Waals surface area contributed by atoms with Gasteiger partial charge in [0.05, 0.1) is 0 Å². The zero-order chi connectivity index (χ0) is 13.8. The smallest absolute Gasteiger partial charge is 0.267 e. The van der Waals surface area contributed by atoms with Gasteiger partial charge in [0, 0.05) is 33.2 Å². The van der Waals surface area contributed by atoms with E-state index in [0.29, 0.717) is 17.2 Å². The van der Waals surface area contributed by atoms with E-state index in [9.17, 15) is 4.79 Å². The second-order valence-corrected chi connectivity index (χ2v) is 5.71. The lowest BCUT2D eigenvalue weighted by Crippen LogP contribution is -2.32. The summed E-state index contributed by atoms with van der Waals surface area (Å²) >= 11 is 1.40. The third-order valence-corrected chi connectivity index (χ3v) is 4.38. The molecule has 1 aliphatic rings. The fourth-order valence-electron chi connectivity index (χ4n) is 2.07. The van der Waals surface area contributed by atoms with Crippen LogP contribution < -0.4 is 16.0 Å². The number of anilines is 2. The van der Waals surface area contributed by atoms with E-state index in [1.807, 2.05) is 7.05 Å². The van der Waals surface area contributed by atoms with Crippen LogP contribution in [-0.2, 0) is 0 Å². The quantitative estimate of drug-likeness (QED) is 0.828. The molecule has 2 heterocycles. The predicted molar refractivity (Wildman–Crippen MR) is 78.9 cm³/mol. The van der Waals surface area contributed by atoms with E-state index in [2.05, 4.69) is 15.2 Å². The highest BCUT2D eigenvalue weighted by molar-refractivity contribution is 7.18. The summed E-state index contributed by atoms with van der Waals surface area (Å²) in [7, 11) is 3.65. The summed E-state index contributed by atoms with van der Waals surface area (Å²) in [5, 5.41) is 3.90. The van der Waals surface area contributed by atoms with Gasteiger partial charge in [0.15, 0.2) is 5.13 Å². The van der Waals surface area contributed by atoms with Gasteiger partial charge in [0.25, 0.3) is 5.91 Å². The van der Waals surface area contributed by atoms with Crippen LogP contribution in [0.2, 0.25) is 0 Å². The third kappa shape index (κ3) is 3.16. The number of carbonyl (C=O) groups excluding carboxylic acids is 1. The van der Waals surface area contributed by atoms with E-state index in [4.69, 9.17) is 5.73 Å². The summed E-state index contributed by atoms with van der Waals surface area (Å²) in [4.78, 5) is 21.0. The Labute approximate surface area is 117 Å². The Bertz CT molecular complexity index is 441. The maximum absolute atomic E-state index is 12.3. The number of amides is 1. The number of carbonyl (C=O) groups is 1. The van der Waals surface area contributed by atoms with E-state index in [-0.39, 0.29) is 5.91 Å². The average molecular weight is 283 g/mol. The van der Waals surface area contributed by atoms with Crippen molar-refractivity contribution in [3.05, 3.63) is 4.88 Å². The zero-order valence-electron chi connectivity index (χ0n) is 11.5. The minimum atomic E-state index is -0.0457. The Kier molecular flexibility index (Phi) is 4.60. The Hall–Kier alpha value is -1.34. The first-order valence-electron chi connectivity index (χ1n) is 6.54. The van der Waals surface area contributed by atoms with Crippen LogP contribution in [0.3, 0.4) is 0 Å². The molecule has 19 heavy (non-hydrogen) atoms. The van der Waals surface area contributed by atoms with Gasteiger partial charge in [-0.3, -0.25) is 4.79 Å². The largest absolute Gasteiger partial charge is 0.382 e. The van der Waals surface area contributed by atoms with Gasteiger partial charge in [-0.1, -0.05) is 11.3 Å². The molecule has 0 bridgehead atoms. The van der Waals surface area contributed by atoms with Crippen molar-refractivity contribution in [2.45, 2.75) is 12.8 Å². The van der Waals surface area contributed by atoms with Gasteiger partial charge >= 0.3 is 0 Å². The molecular weight excluding hydrogens is 262 g/mol. The number of nitrogens with one attached hydrogen (secondary N) is 1. The standard InChI is InChI=1S/C12H21N5OS/c1-14-5-8-16(2)11(18)9-10(13)15-12(19-9)17-6-3-4-7-17/h14H,3-8,13H2,1-2H3. The van der Waals surface area contributed by atoms with Crippen LogP contribution in [0.1, 0.15) is 22.5 Å². The maximum Gasteiger partial charge on any atom is 0.267 e. The Morgan fingerprint density at radius 1 is 1.53 bits per heavy atom. The summed E-state index contributed by atoms with van der Waals surface area (Å²) in [6.45, 7) is 3.44. The normalized spacial score (nSPS) is 14.9. The van der Waals surface area contributed by atoms with Gasteiger partial charge < -0.3 is 20.9 Å². The van der Waals surface area contributed by atoms with Crippen LogP contribution >= 0.6 is 11.3 Å². The third-order valence-electron chi connectivity index (χ3n) is 3.26. The number of thiazole rings is 1. The van der Waals surface area contributed by atoms with E-state index in [1.165, 1.54) is 24.2 Å². The molecule has 0 saturated carbocycles. The number of aromatic nitrogens is 1. The maximum atomic E-state index is 12.3. The monoisotopic (exact) mass is 283 g/mol. The van der Waals surface area contributed by atoms with Crippen molar-refractivity contribution in [2.24, 2.45) is 0 Å². The van der Waals surface area contributed by atoms with Crippen molar-refractivity contribution in [1.82, 2.24) is 15.2 Å². The van der Waals surface area contributed by atoms with Gasteiger partial charge in [-0.15, -0.1) is 0 Å². The van der Waals surface area contributed by atoms with Crippen molar-refractivity contribution >= 4 is 28.2 Å². The molecule has 0 unspecified atom stereocenters. The molecule has 1 aliphatic heterocycles. The molecule has 3 N–H and O–H groups in total. The number of hydrogen-bond donors (Lipinski definition) is 2. The summed E-state index contributed by atoms with van der Waals surface area (Å²) in [5.74, 6) is 0.309. The minimum absolute atomic E-state index is 0.0457. The van der Waals surface area contributed by atoms with E-state index < -0.39 is 0 Å². The van der Waals surface area contributed by atoms with Gasteiger partial charge in [0.2, 0.25) is 0 Å². The first-order chi connectivity index (χ1) is 9.13. The van der Waals surface area contributed by atoms with Crippen molar-refractivity contribution in [3.8, 4) is 0 Å². The SMILES string of the molecule is CNCCN(C)C(=O)c1sc(N2CCCC2)nc1N. The summed E-state index contributed by atoms with van der Waals surface area (Å²) in [6, 6.07) is 0. The summed E-state index contributed by atoms with van der Waals surface area (Å²) in [6.07, 6.45) is 2.37. The number of nitrogen functional groups attached to an aromatic ring is 1. The summed E-state index contributed by atoms with van der Waals surface area (Å²) in [5.41, 5.74) is 5.89. The molecule has 2 rings (SSSR count). The fourth-order valence-corrected chi connectivity index (χ4v) is 3.10. The molecule has 0 atom stereocenters. The van der Waals surface area contributed by atoms with Crippen LogP contribution in [0.5, 0.6) is 0 Å². The van der Waals surface area contributed by atoms with Crippen LogP contribution in [0.4, 0.5) is 10.9 Å². The minimum Gasteiger partial charge on any atom is -0.382 e. The highest BCUT2D eigenvalue weighted by atomic mass is 32.1. The Morgan fingerprint density at radius 3 is 2.84 bits per heavy atom. The molecule has 6 nitrogen and oxygen atoms in total. The second-order valence-electron chi connectivity index (χ2n) is 4.74. The fraction of sp³-hybridized carbons (Fsp3) is 0.667. The number of rotatable bonds is 5. The molecule has 106 valence electrons. The molecule has 0 aliphatic carbocycles. The van der Waals surface area contributed by atoms with Gasteiger partial charge in [-0.25, -0.2) is 4.98 Å². The Morgan fingerprint density at radius 2 is 2.21 bits per heavy atom. The number of hydrogen-bond acceptors (Lipinski definition) is 6. The lowest BCUT2D eigenvalue weighted by Gasteiger charge is -2.16. The highest BCUT2D eigenvalue weighted by Gasteiger charge is 2.23. The molecule has 0 aromatic carbocycles. The van der Waals surface area contributed by atoms with Crippen LogP contribution in [-0.4, -0.2) is 56.1 Å². The van der Waals surface area contributed by atoms with E-state index in [1.54, 1.807) is 11.9 Å². The highest BCUT2D eigenvalue weighted by Crippen LogP contribution is 2.30. The molecule has 1 aromatic rings. The predicted octanol–water partition coefficient (Wildman–Crippen LogP) is 0.617. The zero-order valence-corrected chi connectivity index (χ0v) is 12.3. The van der Waals surface area contributed by atoms with E-state index >= 15 is 0 Å². The topological polar surface area (TPSA) is 74.5 Å². The average Bonchev–Trinajstić information content (AvgIpc) is 3.03. The van der Waals surface area contributed by atoms with Crippen LogP contribution in [0, 0.1) is 0 Å². The molecular formula is C12H21N5OS. The first-order valence-corrected chi connectivity index (χ1v) is 7.36. The molecule has 7 heteroatoms. The number of likely N-dealkylation sites (N-methyl/N-ethyl adjacent to an activating group) is 2. The Balaban J connectivity index is 2.09.